The van der Waals surface area contributed by atoms with Crippen LogP contribution in [0.3, 0.4) is 0 Å². The number of benzene rings is 1. The second-order valence-electron chi connectivity index (χ2n) is 14.7. The van der Waals surface area contributed by atoms with Gasteiger partial charge in [-0.3, -0.25) is 4.79 Å². The maximum Gasteiger partial charge on any atom is 0.407 e. The maximum atomic E-state index is 13.7. The maximum absolute atomic E-state index is 13.7. The molecule has 2 unspecified atom stereocenters. The molecule has 2 bridgehead atoms. The summed E-state index contributed by atoms with van der Waals surface area (Å²) in [4.78, 5) is 52.1. The summed E-state index contributed by atoms with van der Waals surface area (Å²) in [6.07, 6.45) is -2.03. The first-order valence-electron chi connectivity index (χ1n) is 16.5. The second-order valence-corrected chi connectivity index (χ2v) is 14.7. The molecule has 48 heavy (non-hydrogen) atoms. The number of unbranched alkanes of at least 4 members (excludes halogenated alkanes) is 1. The number of carbonyl (C=O) groups excluding carboxylic acids is 3. The highest BCUT2D eigenvalue weighted by Gasteiger charge is 2.50. The highest BCUT2D eigenvalue weighted by atomic mass is 16.6. The van der Waals surface area contributed by atoms with Crippen LogP contribution in [0.15, 0.2) is 24.3 Å². The molecule has 7 N–H and O–H groups in total. The Labute approximate surface area is 283 Å². The van der Waals surface area contributed by atoms with Crippen LogP contribution < -0.4 is 26.0 Å². The van der Waals surface area contributed by atoms with Gasteiger partial charge in [0.1, 0.15) is 41.7 Å². The smallest absolute Gasteiger partial charge is 0.407 e. The molecule has 3 rings (SSSR count). The van der Waals surface area contributed by atoms with E-state index in [2.05, 4.69) is 21.3 Å². The highest BCUT2D eigenvalue weighted by molar-refractivity contribution is 5.91. The fourth-order valence-corrected chi connectivity index (χ4v) is 5.08. The summed E-state index contributed by atoms with van der Waals surface area (Å²) in [6.45, 7) is 14.1. The number of hydrogen-bond donors (Lipinski definition) is 7. The van der Waals surface area contributed by atoms with E-state index in [1.807, 2.05) is 13.8 Å². The number of aliphatic hydroxyl groups is 2. The van der Waals surface area contributed by atoms with Crippen LogP contribution in [0.25, 0.3) is 0 Å². The van der Waals surface area contributed by atoms with Gasteiger partial charge in [0.25, 0.3) is 0 Å². The van der Waals surface area contributed by atoms with Gasteiger partial charge in [0.2, 0.25) is 5.91 Å². The molecule has 2 aliphatic rings. The third kappa shape index (κ3) is 12.8. The number of urea groups is 1. The highest BCUT2D eigenvalue weighted by Crippen LogP contribution is 2.35. The zero-order chi connectivity index (χ0) is 36.3. The number of aliphatic hydroxyl groups excluding tert-OH is 2. The van der Waals surface area contributed by atoms with Crippen molar-refractivity contribution in [1.29, 1.82) is 0 Å². The molecule has 0 fully saturated rings. The molecule has 0 aliphatic carbocycles. The van der Waals surface area contributed by atoms with Gasteiger partial charge < -0.3 is 50.8 Å². The van der Waals surface area contributed by atoms with Crippen LogP contribution in [0, 0.1) is 11.3 Å². The minimum absolute atomic E-state index is 0.0373. The lowest BCUT2D eigenvalue weighted by Crippen LogP contribution is -2.65. The number of amides is 4. The Morgan fingerprint density at radius 2 is 1.60 bits per heavy atom. The molecule has 0 saturated heterocycles. The number of carboxylic acid groups (broad SMARTS) is 1. The summed E-state index contributed by atoms with van der Waals surface area (Å²) in [5.41, 5.74) is -2.61. The fourth-order valence-electron chi connectivity index (χ4n) is 5.08. The minimum atomic E-state index is -1.71. The Hall–Kier alpha value is -3.62. The number of alkyl carbamates (subject to hydrolysis) is 1. The Morgan fingerprint density at radius 1 is 0.979 bits per heavy atom. The molecule has 2 aliphatic heterocycles. The van der Waals surface area contributed by atoms with Crippen molar-refractivity contribution in [3.63, 3.8) is 0 Å². The lowest BCUT2D eigenvalue weighted by atomic mass is 9.70. The van der Waals surface area contributed by atoms with Gasteiger partial charge in [0, 0.05) is 13.0 Å². The first-order chi connectivity index (χ1) is 22.2. The standard InChI is InChI=1S/C34H56N4O10/c1-21(2)25-18-46-19-26(39)27(40)20-47-23-13-11-22(12-14-23)17-24(28(41)36-25)37-30(44)38-34(29(42)43,32(3,4)5)15-9-10-16-35-31(45)48-33(6,7)8/h11-14,21,24-27,39-40H,9-10,15-20H2,1-8H3,(H,35,45)(H,36,41)(H,42,43)(H2,37,38,44)/t24-,25-,26?,27?,34-/m1/s1. The zero-order valence-corrected chi connectivity index (χ0v) is 29.6. The van der Waals surface area contributed by atoms with Gasteiger partial charge >= 0.3 is 18.1 Å². The van der Waals surface area contributed by atoms with E-state index in [-0.39, 0.29) is 45.1 Å². The van der Waals surface area contributed by atoms with Gasteiger partial charge in [-0.2, -0.15) is 0 Å². The molecule has 0 spiro atoms. The van der Waals surface area contributed by atoms with Crippen LogP contribution >= 0.6 is 0 Å². The summed E-state index contributed by atoms with van der Waals surface area (Å²) in [7, 11) is 0. The third-order valence-corrected chi connectivity index (χ3v) is 8.19. The first-order valence-corrected chi connectivity index (χ1v) is 16.5. The molecule has 5 atom stereocenters. The third-order valence-electron chi connectivity index (χ3n) is 8.19. The van der Waals surface area contributed by atoms with Crippen molar-refractivity contribution in [3.8, 4) is 5.75 Å². The van der Waals surface area contributed by atoms with Gasteiger partial charge in [-0.05, 0) is 69.1 Å². The molecular weight excluding hydrogens is 624 g/mol. The van der Waals surface area contributed by atoms with Crippen LogP contribution in [0.2, 0.25) is 0 Å². The molecule has 1 aromatic rings. The van der Waals surface area contributed by atoms with Crippen molar-refractivity contribution in [2.24, 2.45) is 11.3 Å². The number of aliphatic carboxylic acids is 1. The summed E-state index contributed by atoms with van der Waals surface area (Å²) >= 11 is 0. The van der Waals surface area contributed by atoms with E-state index in [0.29, 0.717) is 24.2 Å². The van der Waals surface area contributed by atoms with Crippen molar-refractivity contribution in [1.82, 2.24) is 21.3 Å². The number of nitrogens with one attached hydrogen (secondary N) is 4. The normalized spacial score (nSPS) is 22.5. The van der Waals surface area contributed by atoms with Gasteiger partial charge in [0.05, 0.1) is 19.3 Å². The Bertz CT molecular complexity index is 1210. The molecule has 272 valence electrons. The Kier molecular flexibility index (Phi) is 14.9. The van der Waals surface area contributed by atoms with Crippen LogP contribution in [-0.2, 0) is 25.5 Å². The lowest BCUT2D eigenvalue weighted by Gasteiger charge is -2.42. The summed E-state index contributed by atoms with van der Waals surface area (Å²) in [6, 6.07) is 4.31. The van der Waals surface area contributed by atoms with Crippen LogP contribution in [0.5, 0.6) is 5.75 Å². The molecule has 2 heterocycles. The predicted octanol–water partition coefficient (Wildman–Crippen LogP) is 2.73. The SMILES string of the molecule is CC(C)[C@H]1COCC(O)C(O)COc2ccc(cc2)C[C@@H](NC(=O)N[C@](CCCCNC(=O)OC(C)(C)C)(C(=O)O)C(C)(C)C)C(=O)N1. The van der Waals surface area contributed by atoms with E-state index in [1.54, 1.807) is 65.8 Å². The van der Waals surface area contributed by atoms with Crippen molar-refractivity contribution >= 4 is 24.0 Å². The zero-order valence-electron chi connectivity index (χ0n) is 29.6. The largest absolute Gasteiger partial charge is 0.491 e. The summed E-state index contributed by atoms with van der Waals surface area (Å²) < 4.78 is 16.5. The van der Waals surface area contributed by atoms with Crippen LogP contribution in [0.4, 0.5) is 9.59 Å². The molecule has 0 saturated carbocycles. The summed E-state index contributed by atoms with van der Waals surface area (Å²) in [5, 5.41) is 42.0. The van der Waals surface area contributed by atoms with Crippen molar-refractivity contribution in [2.75, 3.05) is 26.4 Å². The van der Waals surface area contributed by atoms with Crippen molar-refractivity contribution in [2.45, 2.75) is 117 Å². The Morgan fingerprint density at radius 3 is 2.17 bits per heavy atom. The predicted molar refractivity (Wildman–Crippen MR) is 179 cm³/mol. The van der Waals surface area contributed by atoms with E-state index < -0.39 is 64.8 Å². The van der Waals surface area contributed by atoms with E-state index in [1.165, 1.54) is 0 Å². The van der Waals surface area contributed by atoms with Crippen LogP contribution in [0.1, 0.15) is 80.2 Å². The second kappa shape index (κ2) is 17.7. The average Bonchev–Trinajstić information content (AvgIpc) is 2.96. The summed E-state index contributed by atoms with van der Waals surface area (Å²) in [5.74, 6) is -1.39. The van der Waals surface area contributed by atoms with E-state index >= 15 is 0 Å². The molecule has 0 radical (unpaired) electrons. The lowest BCUT2D eigenvalue weighted by molar-refractivity contribution is -0.150. The quantitative estimate of drug-likeness (QED) is 0.190. The number of rotatable bonds is 9. The first kappa shape index (κ1) is 40.6. The number of hydrogen-bond acceptors (Lipinski definition) is 9. The monoisotopic (exact) mass is 680 g/mol. The Balaban J connectivity index is 2.26. The molecular formula is C34H56N4O10. The molecule has 0 aromatic heterocycles. The molecule has 4 amide bonds. The molecule has 14 nitrogen and oxygen atoms in total. The topological polar surface area (TPSA) is 205 Å². The fraction of sp³-hybridized carbons (Fsp3) is 0.706. The minimum Gasteiger partial charge on any atom is -0.491 e. The van der Waals surface area contributed by atoms with Gasteiger partial charge in [-0.1, -0.05) is 46.8 Å². The average molecular weight is 681 g/mol. The number of fused-ring (bicyclic) bond motifs is 13. The molecule has 14 heteroatoms. The number of ether oxygens (including phenoxy) is 3. The van der Waals surface area contributed by atoms with E-state index in [9.17, 15) is 34.5 Å². The van der Waals surface area contributed by atoms with Gasteiger partial charge in [0.15, 0.2) is 0 Å². The van der Waals surface area contributed by atoms with Crippen molar-refractivity contribution < 1.29 is 48.7 Å². The van der Waals surface area contributed by atoms with E-state index in [4.69, 9.17) is 14.2 Å². The molecule has 1 aromatic carbocycles. The number of carbonyl (C=O) groups is 4. The van der Waals surface area contributed by atoms with Crippen molar-refractivity contribution in [3.05, 3.63) is 29.8 Å². The van der Waals surface area contributed by atoms with Gasteiger partial charge in [-0.15, -0.1) is 0 Å². The number of carboxylic acids is 1. The van der Waals surface area contributed by atoms with Gasteiger partial charge in [-0.25, -0.2) is 14.4 Å². The van der Waals surface area contributed by atoms with Crippen LogP contribution in [-0.4, -0.2) is 101 Å². The van der Waals surface area contributed by atoms with E-state index in [0.717, 1.165) is 0 Å².